The minimum absolute atomic E-state index is 0.0529. The standard InChI is InChI=1S/C25H30BN3O8/c1-7-8-12-33-23(31)35-22(30)29-20-16(21-28-17-10-9-11-18(32-6)19(17)34-21)13-15(14-27-20)26-36-24(2,3)25(4,5)37-26/h9-11,13-14H,7-8,12H2,1-6H3,(H,27,29,30). The van der Waals surface area contributed by atoms with Gasteiger partial charge in [0.1, 0.15) is 11.3 Å². The van der Waals surface area contributed by atoms with Gasteiger partial charge in [-0.2, -0.15) is 0 Å². The molecule has 0 unspecified atom stereocenters. The Morgan fingerprint density at radius 1 is 1.14 bits per heavy atom. The predicted octanol–water partition coefficient (Wildman–Crippen LogP) is 4.68. The van der Waals surface area contributed by atoms with Crippen LogP contribution in [-0.4, -0.2) is 54.3 Å². The second-order valence-corrected chi connectivity index (χ2v) is 9.55. The summed E-state index contributed by atoms with van der Waals surface area (Å²) in [5, 5.41) is 2.47. The van der Waals surface area contributed by atoms with E-state index < -0.39 is 30.6 Å². The highest BCUT2D eigenvalue weighted by atomic mass is 16.7. The number of methoxy groups -OCH3 is 1. The van der Waals surface area contributed by atoms with Gasteiger partial charge in [0.15, 0.2) is 11.3 Å². The van der Waals surface area contributed by atoms with Crippen LogP contribution in [0.25, 0.3) is 22.6 Å². The predicted molar refractivity (Wildman–Crippen MR) is 136 cm³/mol. The fourth-order valence-electron chi connectivity index (χ4n) is 3.58. The van der Waals surface area contributed by atoms with E-state index in [0.29, 0.717) is 34.3 Å². The monoisotopic (exact) mass is 511 g/mol. The summed E-state index contributed by atoms with van der Waals surface area (Å²) in [6.45, 7) is 9.88. The molecule has 2 aromatic heterocycles. The summed E-state index contributed by atoms with van der Waals surface area (Å²) >= 11 is 0. The average molecular weight is 511 g/mol. The Balaban J connectivity index is 1.68. The van der Waals surface area contributed by atoms with Crippen molar-refractivity contribution < 1.29 is 37.5 Å². The van der Waals surface area contributed by atoms with Crippen molar-refractivity contribution in [2.24, 2.45) is 0 Å². The first-order chi connectivity index (χ1) is 17.5. The second kappa shape index (κ2) is 10.4. The maximum Gasteiger partial charge on any atom is 0.517 e. The molecular weight excluding hydrogens is 481 g/mol. The fourth-order valence-corrected chi connectivity index (χ4v) is 3.58. The zero-order valence-corrected chi connectivity index (χ0v) is 21.7. The summed E-state index contributed by atoms with van der Waals surface area (Å²) in [4.78, 5) is 33.2. The van der Waals surface area contributed by atoms with Crippen LogP contribution in [0.4, 0.5) is 15.4 Å². The Labute approximate surface area is 214 Å². The number of fused-ring (bicyclic) bond motifs is 1. The molecule has 0 atom stereocenters. The van der Waals surface area contributed by atoms with Crippen molar-refractivity contribution in [3.05, 3.63) is 30.5 Å². The number of carbonyl (C=O) groups excluding carboxylic acids is 2. The van der Waals surface area contributed by atoms with Gasteiger partial charge in [-0.25, -0.2) is 19.6 Å². The Morgan fingerprint density at radius 2 is 1.86 bits per heavy atom. The smallest absolute Gasteiger partial charge is 0.493 e. The molecule has 1 aliphatic heterocycles. The number of rotatable bonds is 7. The minimum atomic E-state index is -1.10. The van der Waals surface area contributed by atoms with Crippen molar-refractivity contribution in [3.8, 4) is 17.2 Å². The van der Waals surface area contributed by atoms with E-state index in [0.717, 1.165) is 6.42 Å². The summed E-state index contributed by atoms with van der Waals surface area (Å²) in [6.07, 6.45) is 0.825. The summed E-state index contributed by atoms with van der Waals surface area (Å²) in [6, 6.07) is 7.00. The number of oxazole rings is 1. The van der Waals surface area contributed by atoms with Crippen LogP contribution in [-0.2, 0) is 18.8 Å². The first-order valence-electron chi connectivity index (χ1n) is 12.0. The van der Waals surface area contributed by atoms with E-state index in [1.807, 2.05) is 34.6 Å². The lowest BCUT2D eigenvalue weighted by Gasteiger charge is -2.32. The van der Waals surface area contributed by atoms with Crippen LogP contribution in [0.15, 0.2) is 34.9 Å². The third-order valence-electron chi connectivity index (χ3n) is 6.38. The van der Waals surface area contributed by atoms with Crippen LogP contribution in [0.5, 0.6) is 5.75 Å². The SMILES string of the molecule is CCCCOC(=O)OC(=O)Nc1ncc(B2OC(C)(C)C(C)(C)O2)cc1-c1nc2cccc(OC)c2o1. The van der Waals surface area contributed by atoms with Gasteiger partial charge in [-0.15, -0.1) is 0 Å². The molecule has 12 heteroatoms. The molecule has 196 valence electrons. The van der Waals surface area contributed by atoms with Gasteiger partial charge in [0, 0.05) is 11.7 Å². The molecule has 3 heterocycles. The summed E-state index contributed by atoms with van der Waals surface area (Å²) in [7, 11) is 0.810. The number of aromatic nitrogens is 2. The minimum Gasteiger partial charge on any atom is -0.493 e. The maximum absolute atomic E-state index is 12.4. The quantitative estimate of drug-likeness (QED) is 0.206. The molecule has 0 spiro atoms. The number of hydrogen-bond acceptors (Lipinski definition) is 10. The molecule has 3 aromatic rings. The van der Waals surface area contributed by atoms with Crippen LogP contribution in [0.3, 0.4) is 0 Å². The van der Waals surface area contributed by atoms with Crippen molar-refractivity contribution in [2.45, 2.75) is 58.7 Å². The zero-order chi connectivity index (χ0) is 26.8. The van der Waals surface area contributed by atoms with E-state index >= 15 is 0 Å². The number of ether oxygens (including phenoxy) is 3. The molecule has 1 amide bonds. The van der Waals surface area contributed by atoms with Gasteiger partial charge >= 0.3 is 19.4 Å². The lowest BCUT2D eigenvalue weighted by Crippen LogP contribution is -2.41. The van der Waals surface area contributed by atoms with Crippen molar-refractivity contribution in [3.63, 3.8) is 0 Å². The number of para-hydroxylation sites is 1. The Hall–Kier alpha value is -3.64. The molecule has 1 aliphatic rings. The fraction of sp³-hybridized carbons (Fsp3) is 0.440. The largest absolute Gasteiger partial charge is 0.517 e. The lowest BCUT2D eigenvalue weighted by atomic mass is 9.79. The third kappa shape index (κ3) is 5.54. The van der Waals surface area contributed by atoms with Crippen molar-refractivity contribution in [2.75, 3.05) is 19.0 Å². The van der Waals surface area contributed by atoms with Crippen molar-refractivity contribution >= 4 is 41.7 Å². The number of hydrogen-bond donors (Lipinski definition) is 1. The van der Waals surface area contributed by atoms with Gasteiger partial charge in [0.25, 0.3) is 0 Å². The molecule has 1 saturated heterocycles. The van der Waals surface area contributed by atoms with Crippen LogP contribution >= 0.6 is 0 Å². The number of pyridine rings is 1. The van der Waals surface area contributed by atoms with Gasteiger partial charge in [0.05, 0.1) is 30.5 Å². The van der Waals surface area contributed by atoms with E-state index in [1.54, 1.807) is 24.3 Å². The molecule has 1 aromatic carbocycles. The number of anilines is 1. The van der Waals surface area contributed by atoms with Crippen LogP contribution in [0, 0.1) is 0 Å². The van der Waals surface area contributed by atoms with Gasteiger partial charge in [-0.05, 0) is 52.3 Å². The van der Waals surface area contributed by atoms with Gasteiger partial charge < -0.3 is 27.9 Å². The maximum atomic E-state index is 12.4. The molecule has 37 heavy (non-hydrogen) atoms. The first kappa shape index (κ1) is 26.4. The highest BCUT2D eigenvalue weighted by Crippen LogP contribution is 2.37. The third-order valence-corrected chi connectivity index (χ3v) is 6.38. The summed E-state index contributed by atoms with van der Waals surface area (Å²) in [5.74, 6) is 0.707. The number of unbranched alkanes of at least 4 members (excludes halogenated alkanes) is 1. The summed E-state index contributed by atoms with van der Waals surface area (Å²) < 4.78 is 33.3. The molecule has 0 aliphatic carbocycles. The highest BCUT2D eigenvalue weighted by Gasteiger charge is 2.52. The van der Waals surface area contributed by atoms with Crippen LogP contribution in [0.1, 0.15) is 47.5 Å². The van der Waals surface area contributed by atoms with Gasteiger partial charge in [-0.1, -0.05) is 19.4 Å². The molecule has 1 fully saturated rings. The Kier molecular flexibility index (Phi) is 7.42. The van der Waals surface area contributed by atoms with E-state index in [9.17, 15) is 9.59 Å². The number of carbonyl (C=O) groups is 2. The molecule has 1 N–H and O–H groups in total. The number of benzene rings is 1. The molecule has 0 saturated carbocycles. The Morgan fingerprint density at radius 3 is 2.54 bits per heavy atom. The number of nitrogens with zero attached hydrogens (tertiary/aromatic N) is 2. The average Bonchev–Trinajstić information content (AvgIpc) is 3.36. The van der Waals surface area contributed by atoms with Crippen molar-refractivity contribution in [1.82, 2.24) is 9.97 Å². The van der Waals surface area contributed by atoms with Crippen LogP contribution < -0.4 is 15.5 Å². The van der Waals surface area contributed by atoms with Crippen LogP contribution in [0.2, 0.25) is 0 Å². The summed E-state index contributed by atoms with van der Waals surface area (Å²) in [5.41, 5.74) is 0.739. The van der Waals surface area contributed by atoms with Gasteiger partial charge in [0.2, 0.25) is 5.89 Å². The van der Waals surface area contributed by atoms with E-state index in [-0.39, 0.29) is 18.3 Å². The van der Waals surface area contributed by atoms with E-state index in [4.69, 9.17) is 27.9 Å². The Bertz CT molecular complexity index is 1290. The zero-order valence-electron chi connectivity index (χ0n) is 21.7. The second-order valence-electron chi connectivity index (χ2n) is 9.55. The molecule has 4 rings (SSSR count). The molecule has 0 bridgehead atoms. The molecule has 11 nitrogen and oxygen atoms in total. The number of amides is 1. The van der Waals surface area contributed by atoms with Crippen molar-refractivity contribution in [1.29, 1.82) is 0 Å². The topological polar surface area (TPSA) is 131 Å². The first-order valence-corrected chi connectivity index (χ1v) is 12.0. The molecular formula is C25H30BN3O8. The van der Waals surface area contributed by atoms with E-state index in [2.05, 4.69) is 15.3 Å². The van der Waals surface area contributed by atoms with Gasteiger partial charge in [-0.3, -0.25) is 5.32 Å². The van der Waals surface area contributed by atoms with E-state index in [1.165, 1.54) is 13.3 Å². The highest BCUT2D eigenvalue weighted by molar-refractivity contribution is 6.62. The lowest BCUT2D eigenvalue weighted by molar-refractivity contribution is 0.00578. The normalized spacial score (nSPS) is 16.0. The number of nitrogens with one attached hydrogen (secondary N) is 1. The molecule has 0 radical (unpaired) electrons.